The standard InChI is InChI=1S/C15H16ClNO2/c1-3-14(18)13-6-5-12(9-17-13)19-15-7-4-11(16)8-10(15)2/h4-9,14,18H,3H2,1-2H3/t14-/m1/s1. The normalized spacial score (nSPS) is 12.2. The first-order valence-electron chi connectivity index (χ1n) is 6.18. The number of aryl methyl sites for hydroxylation is 1. The topological polar surface area (TPSA) is 42.4 Å². The van der Waals surface area contributed by atoms with Crippen molar-refractivity contribution in [3.05, 3.63) is 52.8 Å². The molecule has 19 heavy (non-hydrogen) atoms. The van der Waals surface area contributed by atoms with Crippen LogP contribution in [0.15, 0.2) is 36.5 Å². The SMILES string of the molecule is CC[C@@H](O)c1ccc(Oc2ccc(Cl)cc2C)cn1. The predicted molar refractivity (Wildman–Crippen MR) is 75.8 cm³/mol. The lowest BCUT2D eigenvalue weighted by molar-refractivity contribution is 0.169. The maximum Gasteiger partial charge on any atom is 0.145 e. The maximum absolute atomic E-state index is 9.67. The van der Waals surface area contributed by atoms with Crippen LogP contribution >= 0.6 is 11.6 Å². The largest absolute Gasteiger partial charge is 0.455 e. The predicted octanol–water partition coefficient (Wildman–Crippen LogP) is 4.28. The lowest BCUT2D eigenvalue weighted by atomic mass is 10.2. The summed E-state index contributed by atoms with van der Waals surface area (Å²) < 4.78 is 5.73. The first kappa shape index (κ1) is 13.8. The summed E-state index contributed by atoms with van der Waals surface area (Å²) in [4.78, 5) is 4.19. The molecular weight excluding hydrogens is 262 g/mol. The molecule has 0 bridgehead atoms. The van der Waals surface area contributed by atoms with E-state index in [2.05, 4.69) is 4.98 Å². The Hall–Kier alpha value is -1.58. The third kappa shape index (κ3) is 3.46. The molecule has 0 aliphatic rings. The second kappa shape index (κ2) is 6.04. The molecule has 0 aliphatic heterocycles. The molecule has 4 heteroatoms. The Kier molecular flexibility index (Phi) is 4.40. The van der Waals surface area contributed by atoms with Crippen molar-refractivity contribution in [1.29, 1.82) is 0 Å². The summed E-state index contributed by atoms with van der Waals surface area (Å²) >= 11 is 5.90. The van der Waals surface area contributed by atoms with E-state index >= 15 is 0 Å². The molecule has 1 atom stereocenters. The minimum absolute atomic E-state index is 0.522. The highest BCUT2D eigenvalue weighted by Gasteiger charge is 2.07. The summed E-state index contributed by atoms with van der Waals surface area (Å²) in [6.45, 7) is 3.84. The highest BCUT2D eigenvalue weighted by Crippen LogP contribution is 2.27. The average molecular weight is 278 g/mol. The molecule has 1 N–H and O–H groups in total. The molecule has 0 amide bonds. The van der Waals surface area contributed by atoms with Gasteiger partial charge in [-0.15, -0.1) is 0 Å². The lowest BCUT2D eigenvalue weighted by Crippen LogP contribution is -1.98. The zero-order valence-electron chi connectivity index (χ0n) is 10.9. The van der Waals surface area contributed by atoms with Crippen LogP contribution in [0.2, 0.25) is 5.02 Å². The smallest absolute Gasteiger partial charge is 0.145 e. The molecule has 2 rings (SSSR count). The molecule has 0 radical (unpaired) electrons. The van der Waals surface area contributed by atoms with Gasteiger partial charge in [-0.3, -0.25) is 4.98 Å². The van der Waals surface area contributed by atoms with Crippen molar-refractivity contribution < 1.29 is 9.84 Å². The van der Waals surface area contributed by atoms with Crippen LogP contribution < -0.4 is 4.74 Å². The minimum Gasteiger partial charge on any atom is -0.455 e. The van der Waals surface area contributed by atoms with E-state index in [4.69, 9.17) is 16.3 Å². The zero-order valence-corrected chi connectivity index (χ0v) is 11.7. The van der Waals surface area contributed by atoms with Crippen molar-refractivity contribution in [3.63, 3.8) is 0 Å². The number of rotatable bonds is 4. The van der Waals surface area contributed by atoms with Crippen LogP contribution in [0.25, 0.3) is 0 Å². The Morgan fingerprint density at radius 3 is 2.68 bits per heavy atom. The molecule has 0 saturated heterocycles. The Balaban J connectivity index is 2.15. The molecule has 1 aromatic heterocycles. The van der Waals surface area contributed by atoms with Gasteiger partial charge in [-0.25, -0.2) is 0 Å². The van der Waals surface area contributed by atoms with Crippen molar-refractivity contribution in [3.8, 4) is 11.5 Å². The molecule has 0 spiro atoms. The molecular formula is C15H16ClNO2. The van der Waals surface area contributed by atoms with Crippen molar-refractivity contribution in [2.75, 3.05) is 0 Å². The summed E-state index contributed by atoms with van der Waals surface area (Å²) in [5.41, 5.74) is 1.62. The van der Waals surface area contributed by atoms with E-state index < -0.39 is 6.10 Å². The van der Waals surface area contributed by atoms with Gasteiger partial charge in [-0.05, 0) is 49.2 Å². The van der Waals surface area contributed by atoms with Gasteiger partial charge >= 0.3 is 0 Å². The van der Waals surface area contributed by atoms with Crippen LogP contribution in [-0.4, -0.2) is 10.1 Å². The minimum atomic E-state index is -0.522. The van der Waals surface area contributed by atoms with Gasteiger partial charge in [0.15, 0.2) is 0 Å². The maximum atomic E-state index is 9.67. The Labute approximate surface area is 117 Å². The number of hydrogen-bond acceptors (Lipinski definition) is 3. The Morgan fingerprint density at radius 2 is 2.11 bits per heavy atom. The van der Waals surface area contributed by atoms with Gasteiger partial charge in [0, 0.05) is 5.02 Å². The highest BCUT2D eigenvalue weighted by molar-refractivity contribution is 6.30. The number of hydrogen-bond donors (Lipinski definition) is 1. The third-order valence-corrected chi connectivity index (χ3v) is 3.09. The molecule has 1 heterocycles. The highest BCUT2D eigenvalue weighted by atomic mass is 35.5. The quantitative estimate of drug-likeness (QED) is 0.907. The fraction of sp³-hybridized carbons (Fsp3) is 0.267. The fourth-order valence-corrected chi connectivity index (χ4v) is 1.94. The summed E-state index contributed by atoms with van der Waals surface area (Å²) in [6, 6.07) is 9.03. The molecule has 0 fully saturated rings. The van der Waals surface area contributed by atoms with E-state index in [-0.39, 0.29) is 0 Å². The van der Waals surface area contributed by atoms with Crippen molar-refractivity contribution in [2.24, 2.45) is 0 Å². The van der Waals surface area contributed by atoms with Gasteiger partial charge in [0.25, 0.3) is 0 Å². The van der Waals surface area contributed by atoms with Gasteiger partial charge in [0.2, 0.25) is 0 Å². The van der Waals surface area contributed by atoms with E-state index in [9.17, 15) is 5.11 Å². The number of aliphatic hydroxyl groups is 1. The molecule has 100 valence electrons. The van der Waals surface area contributed by atoms with Crippen molar-refractivity contribution >= 4 is 11.6 Å². The van der Waals surface area contributed by atoms with Crippen LogP contribution in [0.3, 0.4) is 0 Å². The number of aromatic nitrogens is 1. The number of pyridine rings is 1. The van der Waals surface area contributed by atoms with E-state index in [0.717, 1.165) is 11.3 Å². The van der Waals surface area contributed by atoms with E-state index in [1.165, 1.54) is 0 Å². The number of aliphatic hydroxyl groups excluding tert-OH is 1. The van der Waals surface area contributed by atoms with E-state index in [0.29, 0.717) is 22.9 Å². The third-order valence-electron chi connectivity index (χ3n) is 2.85. The Morgan fingerprint density at radius 1 is 1.32 bits per heavy atom. The summed E-state index contributed by atoms with van der Waals surface area (Å²) in [7, 11) is 0. The summed E-state index contributed by atoms with van der Waals surface area (Å²) in [5.74, 6) is 1.38. The number of halogens is 1. The van der Waals surface area contributed by atoms with Gasteiger partial charge in [-0.1, -0.05) is 18.5 Å². The van der Waals surface area contributed by atoms with Crippen molar-refractivity contribution in [1.82, 2.24) is 4.98 Å². The van der Waals surface area contributed by atoms with Crippen LogP contribution in [0, 0.1) is 6.92 Å². The van der Waals surface area contributed by atoms with Gasteiger partial charge in [-0.2, -0.15) is 0 Å². The van der Waals surface area contributed by atoms with Crippen LogP contribution in [0.5, 0.6) is 11.5 Å². The summed E-state index contributed by atoms with van der Waals surface area (Å²) in [5, 5.41) is 10.4. The van der Waals surface area contributed by atoms with Crippen LogP contribution in [0.1, 0.15) is 30.7 Å². The first-order valence-corrected chi connectivity index (χ1v) is 6.56. The first-order chi connectivity index (χ1) is 9.10. The molecule has 2 aromatic rings. The summed E-state index contributed by atoms with van der Waals surface area (Å²) in [6.07, 6.45) is 1.73. The van der Waals surface area contributed by atoms with E-state index in [1.807, 2.05) is 26.0 Å². The Bertz CT molecular complexity index is 555. The molecule has 0 saturated carbocycles. The molecule has 1 aromatic carbocycles. The molecule has 3 nitrogen and oxygen atoms in total. The lowest BCUT2D eigenvalue weighted by Gasteiger charge is -2.10. The van der Waals surface area contributed by atoms with Gasteiger partial charge in [0.05, 0.1) is 18.0 Å². The molecule has 0 aliphatic carbocycles. The van der Waals surface area contributed by atoms with Crippen molar-refractivity contribution in [2.45, 2.75) is 26.4 Å². The van der Waals surface area contributed by atoms with E-state index in [1.54, 1.807) is 24.4 Å². The molecule has 0 unspecified atom stereocenters. The van der Waals surface area contributed by atoms with Crippen LogP contribution in [0.4, 0.5) is 0 Å². The number of benzene rings is 1. The second-order valence-electron chi connectivity index (χ2n) is 4.35. The van der Waals surface area contributed by atoms with Gasteiger partial charge < -0.3 is 9.84 Å². The number of ether oxygens (including phenoxy) is 1. The average Bonchev–Trinajstić information content (AvgIpc) is 2.42. The van der Waals surface area contributed by atoms with Gasteiger partial charge in [0.1, 0.15) is 11.5 Å². The monoisotopic (exact) mass is 277 g/mol. The second-order valence-corrected chi connectivity index (χ2v) is 4.79. The van der Waals surface area contributed by atoms with Crippen LogP contribution in [-0.2, 0) is 0 Å². The fourth-order valence-electron chi connectivity index (χ4n) is 1.71. The number of nitrogens with zero attached hydrogens (tertiary/aromatic N) is 1. The zero-order chi connectivity index (χ0) is 13.8.